The molecule has 1 aromatic rings. The smallest absolute Gasteiger partial charge is 0.0435 e. The molecule has 0 unspecified atom stereocenters. The van der Waals surface area contributed by atoms with Gasteiger partial charge in [-0.3, -0.25) is 0 Å². The first-order valence-corrected chi connectivity index (χ1v) is 2.89. The second-order valence-corrected chi connectivity index (χ2v) is 2.16. The fourth-order valence-corrected chi connectivity index (χ4v) is 0.687. The standard InChI is InChI=1S/C7H7Cl.H4Si/c1-6-4-2-3-5-7(6)8;/h2-5H,1H3;1H4. The van der Waals surface area contributed by atoms with E-state index in [4.69, 9.17) is 11.6 Å². The minimum absolute atomic E-state index is 0. The Morgan fingerprint density at radius 2 is 1.78 bits per heavy atom. The quantitative estimate of drug-likeness (QED) is 0.498. The number of benzene rings is 1. The SMILES string of the molecule is Cc1ccccc1Cl.[SiH4]. The van der Waals surface area contributed by atoms with E-state index >= 15 is 0 Å². The topological polar surface area (TPSA) is 0 Å². The first-order valence-electron chi connectivity index (χ1n) is 2.52. The highest BCUT2D eigenvalue weighted by Crippen LogP contribution is 2.11. The molecule has 0 aliphatic carbocycles. The van der Waals surface area contributed by atoms with Crippen LogP contribution in [0.25, 0.3) is 0 Å². The normalized spacial score (nSPS) is 8.22. The average Bonchev–Trinajstić information content (AvgIpc) is 1.77. The Morgan fingerprint density at radius 1 is 1.22 bits per heavy atom. The van der Waals surface area contributed by atoms with Gasteiger partial charge in [-0.05, 0) is 29.5 Å². The molecule has 0 radical (unpaired) electrons. The average molecular weight is 159 g/mol. The van der Waals surface area contributed by atoms with Gasteiger partial charge in [0.2, 0.25) is 0 Å². The molecule has 9 heavy (non-hydrogen) atoms. The van der Waals surface area contributed by atoms with E-state index in [1.165, 1.54) is 0 Å². The van der Waals surface area contributed by atoms with Crippen LogP contribution in [0.4, 0.5) is 0 Å². The lowest BCUT2D eigenvalue weighted by atomic mass is 10.2. The van der Waals surface area contributed by atoms with Crippen LogP contribution >= 0.6 is 11.6 Å². The second kappa shape index (κ2) is 3.70. The highest BCUT2D eigenvalue weighted by molar-refractivity contribution is 6.31. The third-order valence-corrected chi connectivity index (χ3v) is 1.50. The fourth-order valence-electron chi connectivity index (χ4n) is 0.551. The summed E-state index contributed by atoms with van der Waals surface area (Å²) in [5, 5.41) is 0.840. The van der Waals surface area contributed by atoms with Crippen molar-refractivity contribution in [1.29, 1.82) is 0 Å². The van der Waals surface area contributed by atoms with Crippen molar-refractivity contribution in [2.75, 3.05) is 0 Å². The molecule has 0 nitrogen and oxygen atoms in total. The number of aryl methyl sites for hydroxylation is 1. The maximum atomic E-state index is 5.71. The molecule has 0 N–H and O–H groups in total. The van der Waals surface area contributed by atoms with Gasteiger partial charge in [-0.15, -0.1) is 0 Å². The third kappa shape index (κ3) is 2.20. The van der Waals surface area contributed by atoms with Crippen molar-refractivity contribution in [3.05, 3.63) is 34.9 Å². The van der Waals surface area contributed by atoms with E-state index in [2.05, 4.69) is 0 Å². The monoisotopic (exact) mass is 158 g/mol. The Hall–Kier alpha value is -0.273. The Balaban J connectivity index is 0.000000640. The molecule has 1 aromatic carbocycles. The molecule has 0 heterocycles. The zero-order valence-electron chi connectivity index (χ0n) is 4.69. The van der Waals surface area contributed by atoms with Crippen LogP contribution in [0.15, 0.2) is 24.3 Å². The molecule has 1 rings (SSSR count). The fraction of sp³-hybridized carbons (Fsp3) is 0.143. The number of rotatable bonds is 0. The molecule has 0 bridgehead atoms. The van der Waals surface area contributed by atoms with Gasteiger partial charge in [0, 0.05) is 5.02 Å². The zero-order valence-corrected chi connectivity index (χ0v) is 5.44. The minimum Gasteiger partial charge on any atom is -0.0841 e. The van der Waals surface area contributed by atoms with Crippen LogP contribution in [0.5, 0.6) is 0 Å². The summed E-state index contributed by atoms with van der Waals surface area (Å²) < 4.78 is 0. The van der Waals surface area contributed by atoms with Crippen molar-refractivity contribution in [1.82, 2.24) is 0 Å². The van der Waals surface area contributed by atoms with Gasteiger partial charge >= 0.3 is 0 Å². The van der Waals surface area contributed by atoms with E-state index in [1.54, 1.807) is 0 Å². The summed E-state index contributed by atoms with van der Waals surface area (Å²) in [7, 11) is 0. The Labute approximate surface area is 64.9 Å². The Kier molecular flexibility index (Phi) is 3.58. The van der Waals surface area contributed by atoms with Crippen LogP contribution < -0.4 is 0 Å². The summed E-state index contributed by atoms with van der Waals surface area (Å²) in [5.74, 6) is 0. The van der Waals surface area contributed by atoms with Gasteiger partial charge in [-0.1, -0.05) is 29.8 Å². The molecule has 0 spiro atoms. The van der Waals surface area contributed by atoms with Crippen molar-refractivity contribution in [3.8, 4) is 0 Å². The van der Waals surface area contributed by atoms with Gasteiger partial charge in [0.1, 0.15) is 0 Å². The first kappa shape index (κ1) is 8.73. The summed E-state index contributed by atoms with van der Waals surface area (Å²) in [4.78, 5) is 0. The van der Waals surface area contributed by atoms with Crippen LogP contribution in [-0.2, 0) is 0 Å². The number of hydrogen-bond donors (Lipinski definition) is 0. The Morgan fingerprint density at radius 3 is 2.11 bits per heavy atom. The lowest BCUT2D eigenvalue weighted by Crippen LogP contribution is -1.68. The second-order valence-electron chi connectivity index (χ2n) is 1.75. The lowest BCUT2D eigenvalue weighted by Gasteiger charge is -1.90. The molecule has 0 saturated carbocycles. The van der Waals surface area contributed by atoms with Crippen molar-refractivity contribution < 1.29 is 0 Å². The van der Waals surface area contributed by atoms with Crippen LogP contribution in [-0.4, -0.2) is 11.0 Å². The summed E-state index contributed by atoms with van der Waals surface area (Å²) >= 11 is 5.71. The summed E-state index contributed by atoms with van der Waals surface area (Å²) in [6.45, 7) is 1.99. The molecule has 50 valence electrons. The molecule has 0 saturated heterocycles. The summed E-state index contributed by atoms with van der Waals surface area (Å²) in [5.41, 5.74) is 1.13. The van der Waals surface area contributed by atoms with E-state index < -0.39 is 0 Å². The highest BCUT2D eigenvalue weighted by Gasteiger charge is 1.86. The lowest BCUT2D eigenvalue weighted by molar-refractivity contribution is 1.47. The highest BCUT2D eigenvalue weighted by atomic mass is 35.5. The molecule has 0 aromatic heterocycles. The number of hydrogen-bond acceptors (Lipinski definition) is 0. The van der Waals surface area contributed by atoms with Crippen molar-refractivity contribution in [2.24, 2.45) is 0 Å². The van der Waals surface area contributed by atoms with E-state index in [0.29, 0.717) is 0 Å². The predicted molar refractivity (Wildman–Crippen MR) is 47.5 cm³/mol. The van der Waals surface area contributed by atoms with Crippen LogP contribution in [0.3, 0.4) is 0 Å². The zero-order chi connectivity index (χ0) is 5.98. The molecule has 0 fully saturated rings. The van der Waals surface area contributed by atoms with Gasteiger partial charge in [0.25, 0.3) is 0 Å². The van der Waals surface area contributed by atoms with E-state index in [9.17, 15) is 0 Å². The van der Waals surface area contributed by atoms with E-state index in [1.807, 2.05) is 31.2 Å². The van der Waals surface area contributed by atoms with Gasteiger partial charge in [-0.25, -0.2) is 0 Å². The Bertz CT molecular complexity index is 165. The van der Waals surface area contributed by atoms with Crippen molar-refractivity contribution in [3.63, 3.8) is 0 Å². The van der Waals surface area contributed by atoms with Crippen LogP contribution in [0.1, 0.15) is 5.56 Å². The summed E-state index contributed by atoms with van der Waals surface area (Å²) in [6.07, 6.45) is 0. The largest absolute Gasteiger partial charge is 0.0841 e. The van der Waals surface area contributed by atoms with Gasteiger partial charge < -0.3 is 0 Å². The van der Waals surface area contributed by atoms with Crippen molar-refractivity contribution >= 4 is 22.6 Å². The molecular weight excluding hydrogens is 148 g/mol. The van der Waals surface area contributed by atoms with Gasteiger partial charge in [0.05, 0.1) is 0 Å². The van der Waals surface area contributed by atoms with E-state index in [-0.39, 0.29) is 11.0 Å². The molecule has 0 aliphatic heterocycles. The van der Waals surface area contributed by atoms with Crippen LogP contribution in [0, 0.1) is 6.92 Å². The predicted octanol–water partition coefficient (Wildman–Crippen LogP) is 1.20. The molecule has 2 heteroatoms. The maximum Gasteiger partial charge on any atom is 0.0435 e. The van der Waals surface area contributed by atoms with Gasteiger partial charge in [0.15, 0.2) is 0 Å². The van der Waals surface area contributed by atoms with E-state index in [0.717, 1.165) is 10.6 Å². The molecule has 0 amide bonds. The van der Waals surface area contributed by atoms with Crippen molar-refractivity contribution in [2.45, 2.75) is 6.92 Å². The molecular formula is C7H11ClSi. The van der Waals surface area contributed by atoms with Gasteiger partial charge in [-0.2, -0.15) is 0 Å². The van der Waals surface area contributed by atoms with Crippen LogP contribution in [0.2, 0.25) is 5.02 Å². The third-order valence-electron chi connectivity index (χ3n) is 1.08. The maximum absolute atomic E-state index is 5.71. The minimum atomic E-state index is 0. The molecule has 0 aliphatic rings. The first-order chi connectivity index (χ1) is 3.80. The summed E-state index contributed by atoms with van der Waals surface area (Å²) in [6, 6.07) is 7.77. The number of halogens is 1. The molecule has 0 atom stereocenters.